The van der Waals surface area contributed by atoms with Crippen LogP contribution < -0.4 is 4.90 Å². The van der Waals surface area contributed by atoms with Gasteiger partial charge in [-0.1, -0.05) is 6.07 Å². The lowest BCUT2D eigenvalue weighted by molar-refractivity contribution is -0.176. The minimum absolute atomic E-state index is 0.0117. The number of anilines is 1. The van der Waals surface area contributed by atoms with E-state index in [4.69, 9.17) is 11.6 Å². The van der Waals surface area contributed by atoms with E-state index in [1.165, 1.54) is 0 Å². The lowest BCUT2D eigenvalue weighted by Crippen LogP contribution is -2.42. The summed E-state index contributed by atoms with van der Waals surface area (Å²) in [6, 6.07) is 5.27. The SMILES string of the molecule is FC(F)(F)C1CCCN(c2cccc(CCl)n2)C1. The summed E-state index contributed by atoms with van der Waals surface area (Å²) < 4.78 is 38.1. The summed E-state index contributed by atoms with van der Waals surface area (Å²) in [5, 5.41) is 0. The van der Waals surface area contributed by atoms with Gasteiger partial charge in [0.05, 0.1) is 17.5 Å². The van der Waals surface area contributed by atoms with E-state index in [0.717, 1.165) is 0 Å². The van der Waals surface area contributed by atoms with Crippen LogP contribution in [0.1, 0.15) is 18.5 Å². The Hall–Kier alpha value is -0.970. The maximum atomic E-state index is 12.7. The summed E-state index contributed by atoms with van der Waals surface area (Å²) in [5.74, 6) is -0.403. The molecule has 2 heterocycles. The van der Waals surface area contributed by atoms with E-state index < -0.39 is 12.1 Å². The Morgan fingerprint density at radius 3 is 2.83 bits per heavy atom. The Balaban J connectivity index is 2.13. The summed E-state index contributed by atoms with van der Waals surface area (Å²) in [6.45, 7) is 0.605. The van der Waals surface area contributed by atoms with Crippen LogP contribution in [0.25, 0.3) is 0 Å². The average molecular weight is 279 g/mol. The highest BCUT2D eigenvalue weighted by Crippen LogP contribution is 2.34. The molecule has 0 radical (unpaired) electrons. The fraction of sp³-hybridized carbons (Fsp3) is 0.583. The van der Waals surface area contributed by atoms with E-state index in [1.54, 1.807) is 23.1 Å². The van der Waals surface area contributed by atoms with Gasteiger partial charge in [0.25, 0.3) is 0 Å². The molecule has 1 fully saturated rings. The summed E-state index contributed by atoms with van der Waals surface area (Å²) in [5.41, 5.74) is 0.684. The molecule has 1 unspecified atom stereocenters. The molecule has 1 atom stereocenters. The lowest BCUT2D eigenvalue weighted by Gasteiger charge is -2.34. The minimum atomic E-state index is -4.12. The first kappa shape index (κ1) is 13.5. The third-order valence-electron chi connectivity index (χ3n) is 3.14. The normalized spacial score (nSPS) is 21.1. The van der Waals surface area contributed by atoms with Gasteiger partial charge in [-0.15, -0.1) is 11.6 Å². The van der Waals surface area contributed by atoms with E-state index >= 15 is 0 Å². The van der Waals surface area contributed by atoms with Crippen molar-refractivity contribution in [2.24, 2.45) is 5.92 Å². The second-order valence-electron chi connectivity index (χ2n) is 4.45. The molecule has 0 saturated carbocycles. The third kappa shape index (κ3) is 3.07. The Bertz CT molecular complexity index is 409. The predicted octanol–water partition coefficient (Wildman–Crippen LogP) is 3.60. The van der Waals surface area contributed by atoms with Crippen molar-refractivity contribution in [3.8, 4) is 0 Å². The van der Waals surface area contributed by atoms with Gasteiger partial charge in [0.1, 0.15) is 5.82 Å². The Morgan fingerprint density at radius 2 is 2.17 bits per heavy atom. The number of halogens is 4. The van der Waals surface area contributed by atoms with Crippen molar-refractivity contribution >= 4 is 17.4 Å². The minimum Gasteiger partial charge on any atom is -0.356 e. The quantitative estimate of drug-likeness (QED) is 0.769. The van der Waals surface area contributed by atoms with Gasteiger partial charge < -0.3 is 4.90 Å². The highest BCUT2D eigenvalue weighted by Gasteiger charge is 2.42. The Morgan fingerprint density at radius 1 is 1.39 bits per heavy atom. The first-order chi connectivity index (χ1) is 8.50. The van der Waals surface area contributed by atoms with Crippen LogP contribution >= 0.6 is 11.6 Å². The predicted molar refractivity (Wildman–Crippen MR) is 64.8 cm³/mol. The van der Waals surface area contributed by atoms with Gasteiger partial charge in [-0.25, -0.2) is 4.98 Å². The van der Waals surface area contributed by atoms with Crippen LogP contribution in [0.2, 0.25) is 0 Å². The van der Waals surface area contributed by atoms with Crippen LogP contribution in [0.15, 0.2) is 18.2 Å². The molecule has 1 aliphatic heterocycles. The molecule has 0 spiro atoms. The van der Waals surface area contributed by atoms with Crippen LogP contribution in [0, 0.1) is 5.92 Å². The molecule has 2 nitrogen and oxygen atoms in total. The molecule has 0 N–H and O–H groups in total. The van der Waals surface area contributed by atoms with E-state index in [0.29, 0.717) is 24.5 Å². The molecule has 1 aromatic rings. The van der Waals surface area contributed by atoms with Crippen LogP contribution in [0.5, 0.6) is 0 Å². The molecule has 0 bridgehead atoms. The van der Waals surface area contributed by atoms with E-state index in [1.807, 2.05) is 0 Å². The molecule has 1 saturated heterocycles. The number of piperidine rings is 1. The topological polar surface area (TPSA) is 16.1 Å². The zero-order chi connectivity index (χ0) is 13.2. The first-order valence-corrected chi connectivity index (χ1v) is 6.37. The van der Waals surface area contributed by atoms with Crippen molar-refractivity contribution in [3.05, 3.63) is 23.9 Å². The molecular weight excluding hydrogens is 265 g/mol. The summed E-state index contributed by atoms with van der Waals surface area (Å²) >= 11 is 5.68. The highest BCUT2D eigenvalue weighted by atomic mass is 35.5. The van der Waals surface area contributed by atoms with Gasteiger partial charge in [-0.2, -0.15) is 13.2 Å². The zero-order valence-corrected chi connectivity index (χ0v) is 10.5. The first-order valence-electron chi connectivity index (χ1n) is 5.84. The number of pyridine rings is 1. The molecule has 0 amide bonds. The van der Waals surface area contributed by atoms with Crippen molar-refractivity contribution in [2.45, 2.75) is 24.9 Å². The average Bonchev–Trinajstić information content (AvgIpc) is 2.38. The lowest BCUT2D eigenvalue weighted by atomic mass is 9.97. The van der Waals surface area contributed by atoms with E-state index in [2.05, 4.69) is 4.98 Å². The smallest absolute Gasteiger partial charge is 0.356 e. The number of rotatable bonds is 2. The fourth-order valence-electron chi connectivity index (χ4n) is 2.17. The third-order valence-corrected chi connectivity index (χ3v) is 3.41. The number of nitrogens with zero attached hydrogens (tertiary/aromatic N) is 2. The van der Waals surface area contributed by atoms with Crippen LogP contribution in [0.4, 0.5) is 19.0 Å². The molecule has 6 heteroatoms. The fourth-order valence-corrected chi connectivity index (χ4v) is 2.32. The van der Waals surface area contributed by atoms with E-state index in [-0.39, 0.29) is 18.8 Å². The van der Waals surface area contributed by atoms with Crippen molar-refractivity contribution < 1.29 is 13.2 Å². The van der Waals surface area contributed by atoms with Gasteiger partial charge in [-0.3, -0.25) is 0 Å². The molecule has 0 aromatic carbocycles. The largest absolute Gasteiger partial charge is 0.393 e. The second-order valence-corrected chi connectivity index (χ2v) is 4.71. The van der Waals surface area contributed by atoms with Gasteiger partial charge in [-0.05, 0) is 25.0 Å². The van der Waals surface area contributed by atoms with Gasteiger partial charge in [0.15, 0.2) is 0 Å². The zero-order valence-electron chi connectivity index (χ0n) is 9.75. The Labute approximate surface area is 109 Å². The van der Waals surface area contributed by atoms with Crippen molar-refractivity contribution in [1.29, 1.82) is 0 Å². The molecule has 1 aliphatic rings. The van der Waals surface area contributed by atoms with Gasteiger partial charge in [0, 0.05) is 13.1 Å². The number of alkyl halides is 4. The number of aromatic nitrogens is 1. The molecule has 0 aliphatic carbocycles. The Kier molecular flexibility index (Phi) is 4.00. The van der Waals surface area contributed by atoms with E-state index in [9.17, 15) is 13.2 Å². The number of hydrogen-bond acceptors (Lipinski definition) is 2. The van der Waals surface area contributed by atoms with Gasteiger partial charge in [0.2, 0.25) is 0 Å². The van der Waals surface area contributed by atoms with Crippen molar-refractivity contribution in [2.75, 3.05) is 18.0 Å². The molecule has 2 rings (SSSR count). The maximum absolute atomic E-state index is 12.7. The summed E-state index contributed by atoms with van der Waals surface area (Å²) in [6.07, 6.45) is -3.38. The molecule has 1 aromatic heterocycles. The summed E-state index contributed by atoms with van der Waals surface area (Å²) in [7, 11) is 0. The number of hydrogen-bond donors (Lipinski definition) is 0. The van der Waals surface area contributed by atoms with Crippen LogP contribution in [-0.2, 0) is 5.88 Å². The second kappa shape index (κ2) is 5.34. The molecule has 100 valence electrons. The van der Waals surface area contributed by atoms with Gasteiger partial charge >= 0.3 is 6.18 Å². The van der Waals surface area contributed by atoms with Crippen LogP contribution in [0.3, 0.4) is 0 Å². The van der Waals surface area contributed by atoms with Crippen molar-refractivity contribution in [1.82, 2.24) is 4.98 Å². The highest BCUT2D eigenvalue weighted by molar-refractivity contribution is 6.16. The van der Waals surface area contributed by atoms with Crippen molar-refractivity contribution in [3.63, 3.8) is 0 Å². The maximum Gasteiger partial charge on any atom is 0.393 e. The summed E-state index contributed by atoms with van der Waals surface area (Å²) in [4.78, 5) is 5.95. The standard InChI is InChI=1S/C12H14ClF3N2/c13-7-10-4-1-5-11(17-10)18-6-2-3-9(8-18)12(14,15)16/h1,4-5,9H,2-3,6-8H2. The van der Waals surface area contributed by atoms with Crippen LogP contribution in [-0.4, -0.2) is 24.2 Å². The molecular formula is C12H14ClF3N2. The monoisotopic (exact) mass is 278 g/mol. The molecule has 18 heavy (non-hydrogen) atoms.